The lowest BCUT2D eigenvalue weighted by molar-refractivity contribution is -0.141. The predicted octanol–water partition coefficient (Wildman–Crippen LogP) is 2.45. The van der Waals surface area contributed by atoms with Gasteiger partial charge in [-0.25, -0.2) is 4.79 Å². The number of ether oxygens (including phenoxy) is 1. The molecule has 0 saturated carbocycles. The maximum atomic E-state index is 12.7. The summed E-state index contributed by atoms with van der Waals surface area (Å²) in [5.74, 6) is -0.739. The van der Waals surface area contributed by atoms with Crippen LogP contribution in [0.3, 0.4) is 0 Å². The van der Waals surface area contributed by atoms with E-state index >= 15 is 0 Å². The van der Waals surface area contributed by atoms with E-state index in [0.29, 0.717) is 11.5 Å². The Hall–Kier alpha value is -3.82. The van der Waals surface area contributed by atoms with Crippen LogP contribution >= 0.6 is 0 Å². The molecule has 0 saturated heterocycles. The summed E-state index contributed by atoms with van der Waals surface area (Å²) in [6, 6.07) is 10.8. The number of benzene rings is 1. The average molecular weight is 410 g/mol. The maximum absolute atomic E-state index is 12.7. The molecular formula is C20H22N6O4. The number of carbonyl (C=O) groups is 2. The zero-order valence-corrected chi connectivity index (χ0v) is 17.1. The van der Waals surface area contributed by atoms with E-state index in [4.69, 9.17) is 9.26 Å². The Kier molecular flexibility index (Phi) is 6.05. The highest BCUT2D eigenvalue weighted by Gasteiger charge is 2.21. The van der Waals surface area contributed by atoms with Crippen molar-refractivity contribution >= 4 is 29.5 Å². The molecule has 0 atom stereocenters. The fourth-order valence-corrected chi connectivity index (χ4v) is 2.43. The van der Waals surface area contributed by atoms with Crippen molar-refractivity contribution < 1.29 is 18.8 Å². The molecule has 1 aromatic carbocycles. The molecule has 10 heteroatoms. The molecule has 0 aliphatic rings. The summed E-state index contributed by atoms with van der Waals surface area (Å²) in [6.07, 6.45) is 1.58. The fourth-order valence-electron chi connectivity index (χ4n) is 2.43. The summed E-state index contributed by atoms with van der Waals surface area (Å²) in [4.78, 5) is 24.8. The summed E-state index contributed by atoms with van der Waals surface area (Å²) in [5.41, 5.74) is 1.29. The summed E-state index contributed by atoms with van der Waals surface area (Å²) in [7, 11) is 0. The van der Waals surface area contributed by atoms with E-state index in [2.05, 4.69) is 26.0 Å². The van der Waals surface area contributed by atoms with Crippen molar-refractivity contribution in [2.45, 2.75) is 33.1 Å². The number of hydrogen-bond acceptors (Lipinski definition) is 8. The number of amides is 1. The Bertz CT molecular complexity index is 1060. The molecule has 10 nitrogen and oxygen atoms in total. The molecule has 0 spiro atoms. The zero-order valence-electron chi connectivity index (χ0n) is 17.1. The number of tetrazole rings is 1. The molecule has 0 bridgehead atoms. The molecule has 2 heterocycles. The third-order valence-corrected chi connectivity index (χ3v) is 4.04. The standard InChI is InChI=1S/C20H22N6O4/c1-13-22-24-25-26(13)15(10-14-8-6-5-7-9-14)19(28)29-12-17(27)21-18-11-16(23-30-18)20(2,3)4/h5-11H,12H2,1-4H3,(H,21,27)/b15-10-. The number of hydrogen-bond donors (Lipinski definition) is 1. The Morgan fingerprint density at radius 3 is 2.57 bits per heavy atom. The van der Waals surface area contributed by atoms with E-state index in [1.807, 2.05) is 51.1 Å². The second-order valence-electron chi connectivity index (χ2n) is 7.53. The summed E-state index contributed by atoms with van der Waals surface area (Å²) >= 11 is 0. The number of nitrogens with one attached hydrogen (secondary N) is 1. The molecule has 3 rings (SSSR count). The summed E-state index contributed by atoms with van der Waals surface area (Å²) in [6.45, 7) is 7.05. The lowest BCUT2D eigenvalue weighted by atomic mass is 9.92. The van der Waals surface area contributed by atoms with E-state index < -0.39 is 18.5 Å². The van der Waals surface area contributed by atoms with Gasteiger partial charge in [0, 0.05) is 11.5 Å². The van der Waals surface area contributed by atoms with Crippen LogP contribution in [0.5, 0.6) is 0 Å². The SMILES string of the molecule is Cc1nnnn1/C(=C\c1ccccc1)C(=O)OCC(=O)Nc1cc(C(C)(C)C)no1. The van der Waals surface area contributed by atoms with Crippen LogP contribution in [0, 0.1) is 6.92 Å². The zero-order chi connectivity index (χ0) is 21.7. The first-order chi connectivity index (χ1) is 14.2. The van der Waals surface area contributed by atoms with Crippen LogP contribution in [-0.4, -0.2) is 43.8 Å². The first-order valence-corrected chi connectivity index (χ1v) is 9.20. The number of aryl methyl sites for hydroxylation is 1. The van der Waals surface area contributed by atoms with Gasteiger partial charge in [0.25, 0.3) is 5.91 Å². The van der Waals surface area contributed by atoms with E-state index in [0.717, 1.165) is 5.56 Å². The van der Waals surface area contributed by atoms with E-state index in [1.165, 1.54) is 4.68 Å². The first-order valence-electron chi connectivity index (χ1n) is 9.20. The number of esters is 1. The van der Waals surface area contributed by atoms with Crippen molar-refractivity contribution in [2.75, 3.05) is 11.9 Å². The molecular weight excluding hydrogens is 388 g/mol. The lowest BCUT2D eigenvalue weighted by Crippen LogP contribution is -2.23. The van der Waals surface area contributed by atoms with Crippen LogP contribution in [0.1, 0.15) is 37.9 Å². The molecule has 0 aliphatic heterocycles. The van der Waals surface area contributed by atoms with Crippen LogP contribution in [0.15, 0.2) is 40.9 Å². The number of anilines is 1. The van der Waals surface area contributed by atoms with Gasteiger partial charge in [0.1, 0.15) is 0 Å². The molecule has 0 radical (unpaired) electrons. The van der Waals surface area contributed by atoms with Gasteiger partial charge in [0.15, 0.2) is 18.1 Å². The van der Waals surface area contributed by atoms with Crippen molar-refractivity contribution in [3.63, 3.8) is 0 Å². The van der Waals surface area contributed by atoms with Crippen molar-refractivity contribution in [1.29, 1.82) is 0 Å². The van der Waals surface area contributed by atoms with Gasteiger partial charge in [0.05, 0.1) is 5.69 Å². The lowest BCUT2D eigenvalue weighted by Gasteiger charge is -2.12. The molecule has 0 fully saturated rings. The number of carbonyl (C=O) groups excluding carboxylic acids is 2. The molecule has 0 aliphatic carbocycles. The van der Waals surface area contributed by atoms with Crippen molar-refractivity contribution in [2.24, 2.45) is 0 Å². The highest BCUT2D eigenvalue weighted by atomic mass is 16.5. The molecule has 30 heavy (non-hydrogen) atoms. The Morgan fingerprint density at radius 1 is 1.23 bits per heavy atom. The first kappa shape index (κ1) is 20.9. The fraction of sp³-hybridized carbons (Fsp3) is 0.300. The average Bonchev–Trinajstić information content (AvgIpc) is 3.34. The van der Waals surface area contributed by atoms with E-state index in [-0.39, 0.29) is 17.0 Å². The highest BCUT2D eigenvalue weighted by molar-refractivity contribution is 6.15. The highest BCUT2D eigenvalue weighted by Crippen LogP contribution is 2.23. The largest absolute Gasteiger partial charge is 0.451 e. The van der Waals surface area contributed by atoms with Gasteiger partial charge < -0.3 is 9.26 Å². The molecule has 0 unspecified atom stereocenters. The van der Waals surface area contributed by atoms with E-state index in [1.54, 1.807) is 19.1 Å². The van der Waals surface area contributed by atoms with Gasteiger partial charge in [-0.3, -0.25) is 10.1 Å². The number of aromatic nitrogens is 5. The van der Waals surface area contributed by atoms with Crippen LogP contribution < -0.4 is 5.32 Å². The Labute approximate surface area is 172 Å². The Balaban J connectivity index is 1.69. The predicted molar refractivity (Wildman–Crippen MR) is 108 cm³/mol. The quantitative estimate of drug-likeness (QED) is 0.485. The topological polar surface area (TPSA) is 125 Å². The van der Waals surface area contributed by atoms with Crippen molar-refractivity contribution in [1.82, 2.24) is 25.4 Å². The van der Waals surface area contributed by atoms with Gasteiger partial charge in [0.2, 0.25) is 5.88 Å². The van der Waals surface area contributed by atoms with Gasteiger partial charge >= 0.3 is 5.97 Å². The smallest absolute Gasteiger partial charge is 0.357 e. The second-order valence-corrected chi connectivity index (χ2v) is 7.53. The van der Waals surface area contributed by atoms with Gasteiger partial charge in [-0.2, -0.15) is 4.68 Å². The number of rotatable bonds is 6. The van der Waals surface area contributed by atoms with Gasteiger partial charge in [-0.05, 0) is 29.0 Å². The third-order valence-electron chi connectivity index (χ3n) is 4.04. The summed E-state index contributed by atoms with van der Waals surface area (Å²) < 4.78 is 11.5. The number of nitrogens with zero attached hydrogens (tertiary/aromatic N) is 5. The minimum absolute atomic E-state index is 0.0752. The van der Waals surface area contributed by atoms with Crippen molar-refractivity contribution in [3.05, 3.63) is 53.5 Å². The van der Waals surface area contributed by atoms with Crippen molar-refractivity contribution in [3.8, 4) is 0 Å². The van der Waals surface area contributed by atoms with Crippen LogP contribution in [-0.2, 0) is 19.7 Å². The molecule has 156 valence electrons. The molecule has 1 amide bonds. The molecule has 1 N–H and O–H groups in total. The van der Waals surface area contributed by atoms with Crippen LogP contribution in [0.25, 0.3) is 11.8 Å². The summed E-state index contributed by atoms with van der Waals surface area (Å²) in [5, 5.41) is 17.6. The monoisotopic (exact) mass is 410 g/mol. The van der Waals surface area contributed by atoms with Crippen LogP contribution in [0.2, 0.25) is 0 Å². The van der Waals surface area contributed by atoms with Gasteiger partial charge in [-0.15, -0.1) is 5.10 Å². The minimum atomic E-state index is -0.752. The molecule has 2 aromatic heterocycles. The minimum Gasteiger partial charge on any atom is -0.451 e. The second kappa shape index (κ2) is 8.68. The van der Waals surface area contributed by atoms with Gasteiger partial charge in [-0.1, -0.05) is 56.3 Å². The van der Waals surface area contributed by atoms with Crippen LogP contribution in [0.4, 0.5) is 5.88 Å². The Morgan fingerprint density at radius 2 is 1.97 bits per heavy atom. The normalized spacial score (nSPS) is 11.9. The van der Waals surface area contributed by atoms with E-state index in [9.17, 15) is 9.59 Å². The maximum Gasteiger partial charge on any atom is 0.357 e. The molecule has 3 aromatic rings. The third kappa shape index (κ3) is 5.16.